The largest absolute Gasteiger partial charge is 0.464 e. The Hall–Kier alpha value is -2.98. The number of aromatic nitrogens is 3. The molecule has 1 aromatic carbocycles. The summed E-state index contributed by atoms with van der Waals surface area (Å²) in [5, 5.41) is 17.1. The van der Waals surface area contributed by atoms with Crippen LogP contribution in [0.1, 0.15) is 16.1 Å². The third-order valence-corrected chi connectivity index (χ3v) is 3.67. The van der Waals surface area contributed by atoms with Gasteiger partial charge in [0.15, 0.2) is 5.69 Å². The van der Waals surface area contributed by atoms with Gasteiger partial charge in [-0.25, -0.2) is 4.79 Å². The number of anilines is 1. The molecule has 2 heterocycles. The molecule has 0 saturated carbocycles. The molecule has 0 radical (unpaired) electrons. The van der Waals surface area contributed by atoms with Gasteiger partial charge in [0.25, 0.3) is 0 Å². The van der Waals surface area contributed by atoms with Gasteiger partial charge >= 0.3 is 5.97 Å². The van der Waals surface area contributed by atoms with Crippen molar-refractivity contribution in [2.45, 2.75) is 0 Å². The molecule has 0 fully saturated rings. The molecule has 0 aliphatic rings. The number of hydrogen-bond acceptors (Lipinski definition) is 5. The van der Waals surface area contributed by atoms with E-state index in [0.29, 0.717) is 21.6 Å². The van der Waals surface area contributed by atoms with Crippen LogP contribution < -0.4 is 5.73 Å². The molecule has 7 nitrogen and oxygen atoms in total. The summed E-state index contributed by atoms with van der Waals surface area (Å²) in [4.78, 5) is 12.0. The summed E-state index contributed by atoms with van der Waals surface area (Å²) in [7, 11) is 1.25. The molecule has 22 heavy (non-hydrogen) atoms. The highest BCUT2D eigenvalue weighted by Gasteiger charge is 2.23. The number of nitrogens with one attached hydrogen (secondary N) is 1. The summed E-state index contributed by atoms with van der Waals surface area (Å²) < 4.78 is 6.25. The highest BCUT2D eigenvalue weighted by molar-refractivity contribution is 6.35. The van der Waals surface area contributed by atoms with Crippen molar-refractivity contribution in [1.82, 2.24) is 14.8 Å². The minimum atomic E-state index is -0.637. The van der Waals surface area contributed by atoms with Crippen molar-refractivity contribution in [3.8, 4) is 11.8 Å². The van der Waals surface area contributed by atoms with Crippen LogP contribution in [0.5, 0.6) is 0 Å². The van der Waals surface area contributed by atoms with E-state index >= 15 is 0 Å². The van der Waals surface area contributed by atoms with Crippen molar-refractivity contribution in [2.24, 2.45) is 0 Å². The minimum Gasteiger partial charge on any atom is -0.464 e. The van der Waals surface area contributed by atoms with Crippen LogP contribution in [0.15, 0.2) is 24.5 Å². The van der Waals surface area contributed by atoms with Crippen LogP contribution >= 0.6 is 11.6 Å². The first-order valence-corrected chi connectivity index (χ1v) is 6.57. The molecule has 2 aromatic heterocycles. The van der Waals surface area contributed by atoms with Crippen molar-refractivity contribution in [3.63, 3.8) is 0 Å². The molecule has 110 valence electrons. The number of carbonyl (C=O) groups excluding carboxylic acids is 1. The van der Waals surface area contributed by atoms with Crippen molar-refractivity contribution in [1.29, 1.82) is 5.26 Å². The van der Waals surface area contributed by atoms with E-state index in [0.717, 1.165) is 0 Å². The Morgan fingerprint density at radius 3 is 3.00 bits per heavy atom. The van der Waals surface area contributed by atoms with E-state index in [1.165, 1.54) is 17.9 Å². The second kappa shape index (κ2) is 5.09. The molecule has 0 saturated heterocycles. The molecule has 0 bridgehead atoms. The molecule has 3 N–H and O–H groups in total. The Morgan fingerprint density at radius 2 is 2.32 bits per heavy atom. The van der Waals surface area contributed by atoms with E-state index in [9.17, 15) is 4.79 Å². The lowest BCUT2D eigenvalue weighted by atomic mass is 10.2. The van der Waals surface area contributed by atoms with Gasteiger partial charge in [0, 0.05) is 11.6 Å². The summed E-state index contributed by atoms with van der Waals surface area (Å²) in [5.41, 5.74) is 7.42. The zero-order valence-corrected chi connectivity index (χ0v) is 12.2. The third kappa shape index (κ3) is 1.89. The first-order valence-electron chi connectivity index (χ1n) is 6.19. The summed E-state index contributed by atoms with van der Waals surface area (Å²) in [6.07, 6.45) is 3.06. The highest BCUT2D eigenvalue weighted by Crippen LogP contribution is 2.31. The first-order chi connectivity index (χ1) is 10.6. The zero-order chi connectivity index (χ0) is 15.9. The van der Waals surface area contributed by atoms with Gasteiger partial charge in [-0.15, -0.1) is 0 Å². The number of rotatable bonds is 2. The quantitative estimate of drug-likeness (QED) is 0.705. The number of methoxy groups -OCH3 is 1. The molecular formula is C14H10ClN5O2. The minimum absolute atomic E-state index is 0.0666. The average Bonchev–Trinajstić information content (AvgIpc) is 3.12. The second-order valence-corrected chi connectivity index (χ2v) is 4.91. The lowest BCUT2D eigenvalue weighted by Gasteiger charge is -2.09. The van der Waals surface area contributed by atoms with E-state index in [2.05, 4.69) is 10.2 Å². The van der Waals surface area contributed by atoms with E-state index < -0.39 is 5.97 Å². The summed E-state index contributed by atoms with van der Waals surface area (Å²) in [6.45, 7) is 0. The van der Waals surface area contributed by atoms with E-state index in [1.54, 1.807) is 18.3 Å². The number of halogens is 1. The van der Waals surface area contributed by atoms with Gasteiger partial charge < -0.3 is 15.0 Å². The molecule has 8 heteroatoms. The summed E-state index contributed by atoms with van der Waals surface area (Å²) in [6, 6.07) is 5.34. The number of aromatic amines is 1. The number of esters is 1. The highest BCUT2D eigenvalue weighted by atomic mass is 35.5. The molecule has 0 aliphatic carbocycles. The number of nitrogens with zero attached hydrogens (tertiary/aromatic N) is 3. The number of nitrogen functional groups attached to an aromatic ring is 1. The van der Waals surface area contributed by atoms with Crippen LogP contribution in [0.3, 0.4) is 0 Å². The van der Waals surface area contributed by atoms with E-state index in [-0.39, 0.29) is 16.9 Å². The number of nitrogens with two attached hydrogens (primary N) is 1. The van der Waals surface area contributed by atoms with Gasteiger partial charge in [-0.05, 0) is 12.1 Å². The molecule has 0 aliphatic heterocycles. The number of hydrogen-bond donors (Lipinski definition) is 2. The zero-order valence-electron chi connectivity index (χ0n) is 11.4. The molecule has 0 amide bonds. The van der Waals surface area contributed by atoms with Gasteiger partial charge in [0.1, 0.15) is 6.07 Å². The fraction of sp³-hybridized carbons (Fsp3) is 0.0714. The lowest BCUT2D eigenvalue weighted by molar-refractivity contribution is 0.0593. The van der Waals surface area contributed by atoms with Crippen LogP contribution in [0.25, 0.3) is 16.6 Å². The maximum Gasteiger partial charge on any atom is 0.357 e. The Labute approximate surface area is 129 Å². The van der Waals surface area contributed by atoms with Gasteiger partial charge in [0.2, 0.25) is 0 Å². The molecular weight excluding hydrogens is 306 g/mol. The van der Waals surface area contributed by atoms with E-state index in [4.69, 9.17) is 27.3 Å². The number of carbonyl (C=O) groups is 1. The van der Waals surface area contributed by atoms with Crippen LogP contribution in [-0.2, 0) is 4.74 Å². The predicted molar refractivity (Wildman–Crippen MR) is 80.9 cm³/mol. The average molecular weight is 316 g/mol. The maximum absolute atomic E-state index is 12.0. The van der Waals surface area contributed by atoms with Gasteiger partial charge in [-0.2, -0.15) is 10.4 Å². The molecule has 0 spiro atoms. The number of H-pyrrole nitrogens is 1. The van der Waals surface area contributed by atoms with E-state index in [1.807, 2.05) is 6.07 Å². The summed E-state index contributed by atoms with van der Waals surface area (Å²) in [5.74, 6) is -0.637. The van der Waals surface area contributed by atoms with Crippen LogP contribution in [-0.4, -0.2) is 27.8 Å². The number of nitriles is 1. The van der Waals surface area contributed by atoms with Crippen molar-refractivity contribution < 1.29 is 9.53 Å². The Morgan fingerprint density at radius 1 is 1.55 bits per heavy atom. The molecule has 0 unspecified atom stereocenters. The molecule has 3 rings (SSSR count). The van der Waals surface area contributed by atoms with Crippen molar-refractivity contribution in [2.75, 3.05) is 12.8 Å². The maximum atomic E-state index is 12.0. The monoisotopic (exact) mass is 315 g/mol. The van der Waals surface area contributed by atoms with Gasteiger partial charge in [-0.1, -0.05) is 11.6 Å². The van der Waals surface area contributed by atoms with Crippen molar-refractivity contribution in [3.05, 3.63) is 40.8 Å². The lowest BCUT2D eigenvalue weighted by Crippen LogP contribution is -2.11. The Kier molecular flexibility index (Phi) is 3.23. The Balaban J connectivity index is 2.36. The fourth-order valence-corrected chi connectivity index (χ4v) is 2.50. The Bertz CT molecular complexity index is 935. The second-order valence-electron chi connectivity index (χ2n) is 4.50. The van der Waals surface area contributed by atoms with Crippen LogP contribution in [0.4, 0.5) is 5.69 Å². The van der Waals surface area contributed by atoms with Gasteiger partial charge in [-0.3, -0.25) is 5.10 Å². The van der Waals surface area contributed by atoms with Gasteiger partial charge in [0.05, 0.1) is 40.8 Å². The SMILES string of the molecule is COC(=O)c1c(N)c(C#N)cn1-c1ccc(Cl)c2cn[nH]c12. The van der Waals surface area contributed by atoms with Crippen molar-refractivity contribution >= 4 is 34.2 Å². The normalized spacial score (nSPS) is 10.6. The standard InChI is InChI=1S/C14H10ClN5O2/c1-22-14(21)13-11(17)7(4-16)6-20(13)10-3-2-9(15)8-5-18-19-12(8)10/h2-3,5-6H,17H2,1H3,(H,18,19). The predicted octanol–water partition coefficient (Wildman–Crippen LogP) is 2.25. The smallest absolute Gasteiger partial charge is 0.357 e. The molecule has 0 atom stereocenters. The summed E-state index contributed by atoms with van der Waals surface area (Å²) >= 11 is 6.11. The number of benzene rings is 1. The number of fused-ring (bicyclic) bond motifs is 1. The van der Waals surface area contributed by atoms with Crippen LogP contribution in [0.2, 0.25) is 5.02 Å². The van der Waals surface area contributed by atoms with Crippen LogP contribution in [0, 0.1) is 11.3 Å². The third-order valence-electron chi connectivity index (χ3n) is 3.34. The number of ether oxygens (including phenoxy) is 1. The molecule has 3 aromatic rings. The topological polar surface area (TPSA) is 110 Å². The first kappa shape index (κ1) is 14.0. The fourth-order valence-electron chi connectivity index (χ4n) is 2.29.